The summed E-state index contributed by atoms with van der Waals surface area (Å²) in [5.41, 5.74) is 7.70. The highest BCUT2D eigenvalue weighted by molar-refractivity contribution is 7.92. The number of sulfonamides is 1. The van der Waals surface area contributed by atoms with E-state index in [-0.39, 0.29) is 10.7 Å². The molecule has 1 aromatic carbocycles. The number of anilines is 2. The van der Waals surface area contributed by atoms with Crippen molar-refractivity contribution in [3.63, 3.8) is 0 Å². The predicted octanol–water partition coefficient (Wildman–Crippen LogP) is 2.08. The normalized spacial score (nSPS) is 11.3. The molecule has 0 atom stereocenters. The Labute approximate surface area is 112 Å². The number of aromatic nitrogens is 1. The zero-order valence-electron chi connectivity index (χ0n) is 10.7. The summed E-state index contributed by atoms with van der Waals surface area (Å²) in [5.74, 6) is 0.245. The van der Waals surface area contributed by atoms with Gasteiger partial charge in [-0.05, 0) is 37.6 Å². The maximum absolute atomic E-state index is 12.2. The first-order valence-electron chi connectivity index (χ1n) is 5.70. The van der Waals surface area contributed by atoms with Crippen molar-refractivity contribution < 1.29 is 8.42 Å². The summed E-state index contributed by atoms with van der Waals surface area (Å²) in [7, 11) is -3.63. The molecule has 2 aromatic rings. The van der Waals surface area contributed by atoms with Crippen LogP contribution in [0.5, 0.6) is 0 Å². The Morgan fingerprint density at radius 1 is 1.16 bits per heavy atom. The van der Waals surface area contributed by atoms with E-state index in [1.807, 2.05) is 13.0 Å². The number of pyridine rings is 1. The molecule has 0 aliphatic carbocycles. The summed E-state index contributed by atoms with van der Waals surface area (Å²) in [6, 6.07) is 8.29. The van der Waals surface area contributed by atoms with Gasteiger partial charge >= 0.3 is 0 Å². The SMILES string of the molecule is Cc1ccc(S(=O)(=O)Nc2ccc(N)cn2)c(C)c1. The molecule has 0 saturated heterocycles. The van der Waals surface area contributed by atoms with Crippen LogP contribution in [-0.2, 0) is 10.0 Å². The minimum atomic E-state index is -3.63. The van der Waals surface area contributed by atoms with Gasteiger partial charge in [-0.25, -0.2) is 13.4 Å². The highest BCUT2D eigenvalue weighted by Gasteiger charge is 2.17. The standard InChI is InChI=1S/C13H15N3O2S/c1-9-3-5-12(10(2)7-9)19(17,18)16-13-6-4-11(14)8-15-13/h3-8H,14H2,1-2H3,(H,15,16). The summed E-state index contributed by atoms with van der Waals surface area (Å²) >= 11 is 0. The first kappa shape index (κ1) is 13.4. The quantitative estimate of drug-likeness (QED) is 0.899. The fourth-order valence-electron chi connectivity index (χ4n) is 1.76. The average Bonchev–Trinajstić information content (AvgIpc) is 2.31. The van der Waals surface area contributed by atoms with Gasteiger partial charge in [0.1, 0.15) is 5.82 Å². The second-order valence-corrected chi connectivity index (χ2v) is 6.00. The lowest BCUT2D eigenvalue weighted by atomic mass is 10.2. The van der Waals surface area contributed by atoms with Crippen LogP contribution in [0.15, 0.2) is 41.4 Å². The van der Waals surface area contributed by atoms with E-state index in [1.54, 1.807) is 25.1 Å². The van der Waals surface area contributed by atoms with E-state index in [0.29, 0.717) is 11.3 Å². The number of nitrogens with zero attached hydrogens (tertiary/aromatic N) is 1. The van der Waals surface area contributed by atoms with Crippen molar-refractivity contribution in [2.24, 2.45) is 0 Å². The molecule has 0 radical (unpaired) electrons. The van der Waals surface area contributed by atoms with E-state index >= 15 is 0 Å². The molecule has 0 saturated carbocycles. The van der Waals surface area contributed by atoms with Crippen LogP contribution < -0.4 is 10.5 Å². The maximum atomic E-state index is 12.2. The third-order valence-corrected chi connectivity index (χ3v) is 4.16. The fourth-order valence-corrected chi connectivity index (χ4v) is 3.00. The summed E-state index contributed by atoms with van der Waals surface area (Å²) in [4.78, 5) is 4.17. The molecule has 0 amide bonds. The third-order valence-electron chi connectivity index (χ3n) is 2.65. The number of benzene rings is 1. The molecule has 0 fully saturated rings. The molecule has 0 unspecified atom stereocenters. The largest absolute Gasteiger partial charge is 0.397 e. The van der Waals surface area contributed by atoms with E-state index in [1.165, 1.54) is 12.3 Å². The van der Waals surface area contributed by atoms with Gasteiger partial charge in [-0.15, -0.1) is 0 Å². The molecule has 0 aliphatic rings. The zero-order chi connectivity index (χ0) is 14.0. The van der Waals surface area contributed by atoms with Crippen LogP contribution in [0.25, 0.3) is 0 Å². The second-order valence-electron chi connectivity index (χ2n) is 4.35. The number of rotatable bonds is 3. The van der Waals surface area contributed by atoms with Gasteiger partial charge in [0.05, 0.1) is 16.8 Å². The van der Waals surface area contributed by atoms with E-state index in [2.05, 4.69) is 9.71 Å². The van der Waals surface area contributed by atoms with Crippen LogP contribution in [0.3, 0.4) is 0 Å². The molecule has 0 bridgehead atoms. The number of hydrogen-bond donors (Lipinski definition) is 2. The van der Waals surface area contributed by atoms with Crippen LogP contribution in [-0.4, -0.2) is 13.4 Å². The number of nitrogen functional groups attached to an aromatic ring is 1. The van der Waals surface area contributed by atoms with Crippen molar-refractivity contribution in [3.05, 3.63) is 47.7 Å². The van der Waals surface area contributed by atoms with Gasteiger partial charge in [0.25, 0.3) is 10.0 Å². The van der Waals surface area contributed by atoms with Crippen molar-refractivity contribution in [3.8, 4) is 0 Å². The molecule has 6 heteroatoms. The lowest BCUT2D eigenvalue weighted by Crippen LogP contribution is -2.15. The molecular formula is C13H15N3O2S. The van der Waals surface area contributed by atoms with Crippen LogP contribution in [0, 0.1) is 13.8 Å². The smallest absolute Gasteiger partial charge is 0.263 e. The fraction of sp³-hybridized carbons (Fsp3) is 0.154. The highest BCUT2D eigenvalue weighted by Crippen LogP contribution is 2.19. The molecule has 1 aromatic heterocycles. The van der Waals surface area contributed by atoms with E-state index < -0.39 is 10.0 Å². The van der Waals surface area contributed by atoms with E-state index in [0.717, 1.165) is 5.56 Å². The van der Waals surface area contributed by atoms with Gasteiger partial charge in [0.15, 0.2) is 0 Å². The van der Waals surface area contributed by atoms with Gasteiger partial charge in [-0.2, -0.15) is 0 Å². The number of nitrogens with two attached hydrogens (primary N) is 1. The Balaban J connectivity index is 2.35. The molecule has 0 aliphatic heterocycles. The topological polar surface area (TPSA) is 85.1 Å². The molecule has 1 heterocycles. The molecule has 3 N–H and O–H groups in total. The Morgan fingerprint density at radius 2 is 1.89 bits per heavy atom. The van der Waals surface area contributed by atoms with Gasteiger partial charge in [-0.1, -0.05) is 17.7 Å². The highest BCUT2D eigenvalue weighted by atomic mass is 32.2. The molecule has 100 valence electrons. The maximum Gasteiger partial charge on any atom is 0.263 e. The monoisotopic (exact) mass is 277 g/mol. The Bertz CT molecular complexity index is 694. The van der Waals surface area contributed by atoms with Crippen molar-refractivity contribution in [1.29, 1.82) is 0 Å². The number of nitrogens with one attached hydrogen (secondary N) is 1. The molecule has 5 nitrogen and oxygen atoms in total. The molecule has 19 heavy (non-hydrogen) atoms. The van der Waals surface area contributed by atoms with E-state index in [4.69, 9.17) is 5.73 Å². The van der Waals surface area contributed by atoms with Crippen molar-refractivity contribution in [2.75, 3.05) is 10.5 Å². The minimum Gasteiger partial charge on any atom is -0.397 e. The lowest BCUT2D eigenvalue weighted by Gasteiger charge is -2.10. The molecular weight excluding hydrogens is 262 g/mol. The van der Waals surface area contributed by atoms with Crippen LogP contribution in [0.4, 0.5) is 11.5 Å². The Morgan fingerprint density at radius 3 is 2.47 bits per heavy atom. The van der Waals surface area contributed by atoms with Crippen LogP contribution >= 0.6 is 0 Å². The van der Waals surface area contributed by atoms with Gasteiger partial charge < -0.3 is 5.73 Å². The van der Waals surface area contributed by atoms with E-state index in [9.17, 15) is 8.42 Å². The molecule has 2 rings (SSSR count). The Hall–Kier alpha value is -2.08. The molecule has 0 spiro atoms. The van der Waals surface area contributed by atoms with Gasteiger partial charge in [0, 0.05) is 0 Å². The Kier molecular flexibility index (Phi) is 3.44. The zero-order valence-corrected chi connectivity index (χ0v) is 11.5. The van der Waals surface area contributed by atoms with Crippen LogP contribution in [0.1, 0.15) is 11.1 Å². The average molecular weight is 277 g/mol. The van der Waals surface area contributed by atoms with Crippen LogP contribution in [0.2, 0.25) is 0 Å². The summed E-state index contributed by atoms with van der Waals surface area (Å²) in [6.45, 7) is 3.68. The number of hydrogen-bond acceptors (Lipinski definition) is 4. The van der Waals surface area contributed by atoms with Gasteiger partial charge in [0.2, 0.25) is 0 Å². The van der Waals surface area contributed by atoms with Crippen molar-refractivity contribution >= 4 is 21.5 Å². The summed E-state index contributed by atoms with van der Waals surface area (Å²) in [5, 5.41) is 0. The van der Waals surface area contributed by atoms with Gasteiger partial charge in [-0.3, -0.25) is 4.72 Å². The van der Waals surface area contributed by atoms with Crippen molar-refractivity contribution in [2.45, 2.75) is 18.7 Å². The number of aryl methyl sites for hydroxylation is 2. The summed E-state index contributed by atoms with van der Waals surface area (Å²) in [6.07, 6.45) is 1.40. The van der Waals surface area contributed by atoms with Crippen molar-refractivity contribution in [1.82, 2.24) is 4.98 Å². The predicted molar refractivity (Wildman–Crippen MR) is 75.4 cm³/mol. The summed E-state index contributed by atoms with van der Waals surface area (Å²) < 4.78 is 26.9. The first-order valence-corrected chi connectivity index (χ1v) is 7.18. The first-order chi connectivity index (χ1) is 8.88. The lowest BCUT2D eigenvalue weighted by molar-refractivity contribution is 0.600. The second kappa shape index (κ2) is 4.89. The third kappa shape index (κ3) is 3.03. The minimum absolute atomic E-state index is 0.245.